The number of hydrogen-bond donors (Lipinski definition) is 0. The van der Waals surface area contributed by atoms with Crippen LogP contribution in [-0.2, 0) is 24.5 Å². The van der Waals surface area contributed by atoms with Crippen molar-refractivity contribution in [2.45, 2.75) is 89.3 Å². The molecule has 0 spiro atoms. The zero-order chi connectivity index (χ0) is 30.8. The van der Waals surface area contributed by atoms with Crippen molar-refractivity contribution in [1.29, 1.82) is 0 Å². The molecule has 0 N–H and O–H groups in total. The lowest BCUT2D eigenvalue weighted by molar-refractivity contribution is -0.138. The molecule has 0 radical (unpaired) electrons. The summed E-state index contributed by atoms with van der Waals surface area (Å²) in [5.41, 5.74) is 0.707. The van der Waals surface area contributed by atoms with E-state index in [1.54, 1.807) is 7.05 Å². The molecular formula is C30H37F5N6O2. The van der Waals surface area contributed by atoms with Gasteiger partial charge in [0.05, 0.1) is 18.2 Å². The number of aryl methyl sites for hydroxylation is 2. The lowest BCUT2D eigenvalue weighted by Gasteiger charge is -2.52. The number of ether oxygens (including phenoxy) is 1. The standard InChI is InChI=1S/C30H37F5N6O2/c1-17-15-40(26-24-27(38(4)28(42)37-26)41(19(3)36-24)16-23-6-5-11-43-23)18(2)14-39(17)25(21-12-29(31,32)13-21)20-7-9-22(10-8-20)30(33,34)35/h7-10,17-18,21,23,25H,5-6,11-16H2,1-4H3/t17-,18+,23+,25?/m1/s1. The normalized spacial score (nSPS) is 25.8. The highest BCUT2D eigenvalue weighted by molar-refractivity contribution is 5.84. The van der Waals surface area contributed by atoms with Crippen LogP contribution >= 0.6 is 0 Å². The maximum absolute atomic E-state index is 14.1. The third-order valence-corrected chi connectivity index (χ3v) is 9.37. The molecule has 2 saturated heterocycles. The van der Waals surface area contributed by atoms with E-state index in [0.717, 1.165) is 30.8 Å². The summed E-state index contributed by atoms with van der Waals surface area (Å²) in [7, 11) is 1.68. The molecule has 3 aliphatic rings. The molecule has 3 fully saturated rings. The Morgan fingerprint density at radius 2 is 1.77 bits per heavy atom. The Bertz CT molecular complexity index is 1540. The van der Waals surface area contributed by atoms with Crippen LogP contribution in [0.3, 0.4) is 0 Å². The number of benzene rings is 1. The zero-order valence-corrected chi connectivity index (χ0v) is 24.7. The Morgan fingerprint density at radius 3 is 2.37 bits per heavy atom. The van der Waals surface area contributed by atoms with Crippen LogP contribution < -0.4 is 10.6 Å². The number of fused-ring (bicyclic) bond motifs is 1. The van der Waals surface area contributed by atoms with Gasteiger partial charge in [-0.1, -0.05) is 12.1 Å². The van der Waals surface area contributed by atoms with Crippen LogP contribution in [0.25, 0.3) is 11.2 Å². The fourth-order valence-corrected chi connectivity index (χ4v) is 7.13. The molecule has 6 rings (SSSR count). The number of piperazine rings is 1. The summed E-state index contributed by atoms with van der Waals surface area (Å²) in [5.74, 6) is -1.93. The van der Waals surface area contributed by atoms with Crippen LogP contribution in [0.4, 0.5) is 27.8 Å². The predicted octanol–water partition coefficient (Wildman–Crippen LogP) is 5.32. The van der Waals surface area contributed by atoms with Crippen molar-refractivity contribution < 1.29 is 26.7 Å². The molecule has 1 saturated carbocycles. The maximum Gasteiger partial charge on any atom is 0.416 e. The van der Waals surface area contributed by atoms with E-state index in [4.69, 9.17) is 9.72 Å². The zero-order valence-electron chi connectivity index (χ0n) is 24.7. The van der Waals surface area contributed by atoms with E-state index >= 15 is 0 Å². The van der Waals surface area contributed by atoms with Crippen molar-refractivity contribution in [2.75, 3.05) is 24.6 Å². The molecule has 3 aromatic rings. The fraction of sp³-hybridized carbons (Fsp3) is 0.633. The fourth-order valence-electron chi connectivity index (χ4n) is 7.13. The summed E-state index contributed by atoms with van der Waals surface area (Å²) >= 11 is 0. The van der Waals surface area contributed by atoms with Crippen molar-refractivity contribution in [3.8, 4) is 0 Å². The Balaban J connectivity index is 1.32. The average molecular weight is 609 g/mol. The quantitative estimate of drug-likeness (QED) is 0.353. The predicted molar refractivity (Wildman–Crippen MR) is 151 cm³/mol. The van der Waals surface area contributed by atoms with Gasteiger partial charge in [0.2, 0.25) is 5.92 Å². The molecule has 0 bridgehead atoms. The number of hydrogen-bond acceptors (Lipinski definition) is 6. The molecule has 0 amide bonds. The molecule has 8 nitrogen and oxygen atoms in total. The van der Waals surface area contributed by atoms with Gasteiger partial charge in [0.15, 0.2) is 5.82 Å². The van der Waals surface area contributed by atoms with Crippen LogP contribution in [0.15, 0.2) is 29.1 Å². The Labute approximate surface area is 246 Å². The van der Waals surface area contributed by atoms with E-state index in [2.05, 4.69) is 9.88 Å². The van der Waals surface area contributed by atoms with Crippen LogP contribution in [0.5, 0.6) is 0 Å². The smallest absolute Gasteiger partial charge is 0.376 e. The molecular weight excluding hydrogens is 571 g/mol. The van der Waals surface area contributed by atoms with E-state index in [0.29, 0.717) is 48.8 Å². The second-order valence-corrected chi connectivity index (χ2v) is 12.5. The Hall–Kier alpha value is -3.06. The van der Waals surface area contributed by atoms with Gasteiger partial charge in [-0.2, -0.15) is 18.2 Å². The van der Waals surface area contributed by atoms with Crippen molar-refractivity contribution in [1.82, 2.24) is 24.0 Å². The van der Waals surface area contributed by atoms with Gasteiger partial charge in [-0.3, -0.25) is 9.47 Å². The van der Waals surface area contributed by atoms with E-state index in [-0.39, 0.29) is 31.0 Å². The first kappa shape index (κ1) is 30.0. The topological polar surface area (TPSA) is 68.4 Å². The first-order valence-electron chi connectivity index (χ1n) is 14.9. The maximum atomic E-state index is 14.1. The third-order valence-electron chi connectivity index (χ3n) is 9.37. The van der Waals surface area contributed by atoms with Gasteiger partial charge >= 0.3 is 11.9 Å². The lowest BCUT2D eigenvalue weighted by atomic mass is 9.73. The minimum atomic E-state index is -4.48. The number of rotatable bonds is 6. The summed E-state index contributed by atoms with van der Waals surface area (Å²) in [6, 6.07) is 4.07. The molecule has 4 atom stereocenters. The molecule has 1 aliphatic carbocycles. The van der Waals surface area contributed by atoms with Crippen molar-refractivity contribution in [2.24, 2.45) is 13.0 Å². The second-order valence-electron chi connectivity index (χ2n) is 12.5. The van der Waals surface area contributed by atoms with Crippen molar-refractivity contribution >= 4 is 17.0 Å². The number of aromatic nitrogens is 4. The largest absolute Gasteiger partial charge is 0.416 e. The van der Waals surface area contributed by atoms with Gasteiger partial charge in [-0.15, -0.1) is 0 Å². The van der Waals surface area contributed by atoms with E-state index in [1.807, 2.05) is 30.2 Å². The first-order valence-corrected chi connectivity index (χ1v) is 14.9. The molecule has 1 aromatic carbocycles. The third kappa shape index (κ3) is 5.54. The average Bonchev–Trinajstić information content (AvgIpc) is 3.55. The van der Waals surface area contributed by atoms with Crippen LogP contribution in [0, 0.1) is 12.8 Å². The number of imidazole rings is 1. The van der Waals surface area contributed by atoms with Crippen LogP contribution in [0.2, 0.25) is 0 Å². The number of nitrogens with zero attached hydrogens (tertiary/aromatic N) is 6. The molecule has 43 heavy (non-hydrogen) atoms. The Morgan fingerprint density at radius 1 is 1.07 bits per heavy atom. The van der Waals surface area contributed by atoms with Gasteiger partial charge in [0.1, 0.15) is 17.0 Å². The number of alkyl halides is 5. The van der Waals surface area contributed by atoms with Crippen LogP contribution in [0.1, 0.15) is 62.5 Å². The molecule has 4 heterocycles. The number of halogens is 5. The minimum absolute atomic E-state index is 0.0475. The summed E-state index contributed by atoms with van der Waals surface area (Å²) < 4.78 is 77.3. The summed E-state index contributed by atoms with van der Waals surface area (Å²) in [6.45, 7) is 8.05. The minimum Gasteiger partial charge on any atom is -0.376 e. The first-order chi connectivity index (χ1) is 20.2. The van der Waals surface area contributed by atoms with Gasteiger partial charge in [-0.25, -0.2) is 18.6 Å². The van der Waals surface area contributed by atoms with Crippen molar-refractivity contribution in [3.63, 3.8) is 0 Å². The van der Waals surface area contributed by atoms with E-state index in [1.165, 1.54) is 16.7 Å². The van der Waals surface area contributed by atoms with E-state index in [9.17, 15) is 26.7 Å². The second kappa shape index (κ2) is 10.8. The van der Waals surface area contributed by atoms with Gasteiger partial charge in [0.25, 0.3) is 0 Å². The molecule has 2 aliphatic heterocycles. The molecule has 1 unspecified atom stereocenters. The summed E-state index contributed by atoms with van der Waals surface area (Å²) in [4.78, 5) is 26.6. The highest BCUT2D eigenvalue weighted by atomic mass is 19.4. The highest BCUT2D eigenvalue weighted by Crippen LogP contribution is 2.51. The SMILES string of the molecule is Cc1nc2c(N3C[C@@H](C)N(C(c4ccc(C(F)(F)F)cc4)C4CC(F)(F)C4)C[C@@H]3C)nc(=O)n(C)c2n1C[C@@H]1CCCO1. The van der Waals surface area contributed by atoms with Gasteiger partial charge in [-0.05, 0) is 57.2 Å². The van der Waals surface area contributed by atoms with Crippen molar-refractivity contribution in [3.05, 3.63) is 51.7 Å². The highest BCUT2D eigenvalue weighted by Gasteiger charge is 2.51. The molecule has 2 aromatic heterocycles. The monoisotopic (exact) mass is 608 g/mol. The van der Waals surface area contributed by atoms with E-state index < -0.39 is 35.3 Å². The van der Waals surface area contributed by atoms with Gasteiger partial charge < -0.3 is 14.2 Å². The molecule has 234 valence electrons. The lowest BCUT2D eigenvalue weighted by Crippen LogP contribution is -2.60. The Kier molecular flexibility index (Phi) is 7.55. The van der Waals surface area contributed by atoms with Gasteiger partial charge in [0, 0.05) is 57.7 Å². The summed E-state index contributed by atoms with van der Waals surface area (Å²) in [6.07, 6.45) is -3.11. The number of anilines is 1. The van der Waals surface area contributed by atoms with Crippen LogP contribution in [-0.4, -0.2) is 67.8 Å². The molecule has 13 heteroatoms. The summed E-state index contributed by atoms with van der Waals surface area (Å²) in [5, 5.41) is 0.